The van der Waals surface area contributed by atoms with Gasteiger partial charge in [0.1, 0.15) is 5.82 Å². The van der Waals surface area contributed by atoms with E-state index in [1.54, 1.807) is 6.07 Å². The van der Waals surface area contributed by atoms with E-state index in [1.807, 2.05) is 0 Å². The zero-order valence-corrected chi connectivity index (χ0v) is 8.21. The summed E-state index contributed by atoms with van der Waals surface area (Å²) in [5.41, 5.74) is 0. The Hall–Kier alpha value is -0.0975. The third kappa shape index (κ3) is 1.95. The van der Waals surface area contributed by atoms with Crippen LogP contribution in [0.25, 0.3) is 0 Å². The molecule has 0 aliphatic rings. The highest BCUT2D eigenvalue weighted by atomic mass is 35.5. The van der Waals surface area contributed by atoms with Gasteiger partial charge in [0.15, 0.2) is 5.82 Å². The lowest BCUT2D eigenvalue weighted by atomic mass is 10.3. The largest absolute Gasteiger partial charge is 0.263 e. The molecule has 0 aliphatic carbocycles. The van der Waals surface area contributed by atoms with Gasteiger partial charge in [-0.2, -0.15) is 0 Å². The van der Waals surface area contributed by atoms with Crippen LogP contribution in [0.3, 0.4) is 0 Å². The van der Waals surface area contributed by atoms with Gasteiger partial charge in [0.2, 0.25) is 0 Å². The van der Waals surface area contributed by atoms with Gasteiger partial charge in [-0.05, 0) is 6.07 Å². The van der Waals surface area contributed by atoms with Crippen molar-refractivity contribution in [2.45, 2.75) is 0 Å². The Balaban J connectivity index is 0.000000810. The van der Waals surface area contributed by atoms with Crippen molar-refractivity contribution in [3.8, 4) is 0 Å². The maximum absolute atomic E-state index is 12.4. The van der Waals surface area contributed by atoms with E-state index in [0.717, 1.165) is 6.07 Å². The van der Waals surface area contributed by atoms with Crippen molar-refractivity contribution in [2.75, 3.05) is 0 Å². The normalized spacial score (nSPS) is 8.60. The maximum Gasteiger partial charge on any atom is 0.263 e. The molecule has 0 aliphatic heterocycles. The molecule has 0 unspecified atom stereocenters. The molecule has 0 N–H and O–H groups in total. The van der Waals surface area contributed by atoms with Crippen LogP contribution in [-0.2, 0) is 0 Å². The van der Waals surface area contributed by atoms with Crippen LogP contribution in [0.15, 0.2) is 18.2 Å². The lowest BCUT2D eigenvalue weighted by Gasteiger charge is -1.94. The first-order valence-electron chi connectivity index (χ1n) is 2.62. The molecule has 4 heteroatoms. The minimum absolute atomic E-state index is 0. The van der Waals surface area contributed by atoms with Crippen LogP contribution in [0.2, 0.25) is 0 Å². The predicted octanol–water partition coefficient (Wildman–Crippen LogP) is 0.645. The highest BCUT2D eigenvalue weighted by molar-refractivity contribution is 6.32. The Kier molecular flexibility index (Phi) is 3.89. The summed E-state index contributed by atoms with van der Waals surface area (Å²) in [6.45, 7) is 0. The summed E-state index contributed by atoms with van der Waals surface area (Å²) in [5.74, 6) is -1.44. The maximum atomic E-state index is 12.4. The molecule has 0 aromatic heterocycles. The van der Waals surface area contributed by atoms with Crippen molar-refractivity contribution in [2.24, 2.45) is 0 Å². The topological polar surface area (TPSA) is 0 Å². The number of hydrogen-bond donors (Lipinski definition) is 0. The first kappa shape index (κ1) is 9.90. The van der Waals surface area contributed by atoms with Crippen molar-refractivity contribution in [3.63, 3.8) is 0 Å². The Morgan fingerprint density at radius 2 is 1.80 bits per heavy atom. The minimum Gasteiger partial charge on any atom is -0.205 e. The average Bonchev–Trinajstić information content (AvgIpc) is 1.83. The van der Waals surface area contributed by atoms with Crippen LogP contribution in [0.1, 0.15) is 0 Å². The summed E-state index contributed by atoms with van der Waals surface area (Å²) < 4.78 is 25.1. The third-order valence-electron chi connectivity index (χ3n) is 1.14. The highest BCUT2D eigenvalue weighted by Gasteiger charge is 2.00. The second-order valence-corrected chi connectivity index (χ2v) is 2.95. The van der Waals surface area contributed by atoms with E-state index in [4.69, 9.17) is 0 Å². The lowest BCUT2D eigenvalue weighted by Crippen LogP contribution is -2.09. The Bertz CT molecular complexity index is 207. The monoisotopic (exact) mass is 178 g/mol. The van der Waals surface area contributed by atoms with E-state index in [2.05, 4.69) is 0 Å². The fraction of sp³-hybridized carbons (Fsp3) is 0. The smallest absolute Gasteiger partial charge is 0.205 e. The molecule has 1 rings (SSSR count). The Labute approximate surface area is 72.1 Å². The number of rotatable bonds is 0. The first-order chi connectivity index (χ1) is 4.22. The summed E-state index contributed by atoms with van der Waals surface area (Å²) in [5, 5.41) is 0. The molecule has 54 valence electrons. The van der Waals surface area contributed by atoms with Gasteiger partial charge in [-0.1, -0.05) is 16.6 Å². The fourth-order valence-corrected chi connectivity index (χ4v) is 1.04. The van der Waals surface area contributed by atoms with Crippen LogP contribution in [0.5, 0.6) is 0 Å². The van der Waals surface area contributed by atoms with Crippen LogP contribution in [0, 0.1) is 11.6 Å². The molecule has 10 heavy (non-hydrogen) atoms. The molecule has 0 radical (unpaired) electrons. The van der Waals surface area contributed by atoms with Crippen molar-refractivity contribution in [1.82, 2.24) is 0 Å². The number of hydrogen-bond acceptors (Lipinski definition) is 0. The summed E-state index contributed by atoms with van der Waals surface area (Å²) in [7, 11) is 0. The van der Waals surface area contributed by atoms with Gasteiger partial charge in [-0.15, -0.1) is 12.4 Å². The lowest BCUT2D eigenvalue weighted by molar-refractivity contribution is 0.514. The SMILES string of the molecule is Cl.Fc1ccc[c]([AlH2])c1F. The van der Waals surface area contributed by atoms with Gasteiger partial charge >= 0.3 is 0 Å². The second-order valence-electron chi connectivity index (χ2n) is 1.87. The highest BCUT2D eigenvalue weighted by Crippen LogP contribution is 1.98. The van der Waals surface area contributed by atoms with Gasteiger partial charge < -0.3 is 0 Å². The van der Waals surface area contributed by atoms with Crippen molar-refractivity contribution in [3.05, 3.63) is 29.8 Å². The minimum atomic E-state index is -0.748. The third-order valence-corrected chi connectivity index (χ3v) is 1.92. The van der Waals surface area contributed by atoms with Gasteiger partial charge in [0, 0.05) is 0 Å². The Morgan fingerprint density at radius 1 is 1.20 bits per heavy atom. The van der Waals surface area contributed by atoms with Crippen LogP contribution in [0.4, 0.5) is 8.78 Å². The molecule has 0 nitrogen and oxygen atoms in total. The molecule has 1 aromatic carbocycles. The van der Waals surface area contributed by atoms with Gasteiger partial charge in [-0.25, -0.2) is 8.78 Å². The molecule has 0 fully saturated rings. The van der Waals surface area contributed by atoms with Crippen LogP contribution >= 0.6 is 12.4 Å². The van der Waals surface area contributed by atoms with Crippen LogP contribution in [-0.4, -0.2) is 16.3 Å². The molecule has 0 bridgehead atoms. The van der Waals surface area contributed by atoms with Gasteiger partial charge in [0.25, 0.3) is 16.3 Å². The molecular formula is C6H6AlClF2. The fourth-order valence-electron chi connectivity index (χ4n) is 0.612. The molecule has 0 atom stereocenters. The van der Waals surface area contributed by atoms with Crippen molar-refractivity contribution >= 4 is 33.1 Å². The molecular weight excluding hydrogens is 172 g/mol. The van der Waals surface area contributed by atoms with E-state index in [0.29, 0.717) is 20.7 Å². The second kappa shape index (κ2) is 3.92. The van der Waals surface area contributed by atoms with Crippen LogP contribution < -0.4 is 4.43 Å². The molecule has 0 amide bonds. The molecule has 0 saturated heterocycles. The van der Waals surface area contributed by atoms with Crippen molar-refractivity contribution in [1.29, 1.82) is 0 Å². The average molecular weight is 179 g/mol. The Morgan fingerprint density at radius 3 is 2.20 bits per heavy atom. The zero-order chi connectivity index (χ0) is 6.85. The predicted molar refractivity (Wildman–Crippen MR) is 41.8 cm³/mol. The molecule has 0 saturated carbocycles. The summed E-state index contributed by atoms with van der Waals surface area (Å²) in [6, 6.07) is 4.22. The summed E-state index contributed by atoms with van der Waals surface area (Å²) in [6.07, 6.45) is 0. The van der Waals surface area contributed by atoms with E-state index in [-0.39, 0.29) is 12.4 Å². The first-order valence-corrected chi connectivity index (χ1v) is 3.62. The van der Waals surface area contributed by atoms with E-state index in [1.165, 1.54) is 6.07 Å². The number of benzene rings is 1. The van der Waals surface area contributed by atoms with Gasteiger partial charge in [-0.3, -0.25) is 0 Å². The quantitative estimate of drug-likeness (QED) is 0.512. The van der Waals surface area contributed by atoms with E-state index < -0.39 is 11.6 Å². The number of halogens is 3. The van der Waals surface area contributed by atoms with E-state index in [9.17, 15) is 8.78 Å². The molecule has 0 heterocycles. The van der Waals surface area contributed by atoms with Crippen molar-refractivity contribution < 1.29 is 8.78 Å². The zero-order valence-electron chi connectivity index (χ0n) is 5.40. The summed E-state index contributed by atoms with van der Waals surface area (Å²) in [4.78, 5) is 0. The molecule has 1 aromatic rings. The summed E-state index contributed by atoms with van der Waals surface area (Å²) >= 11 is 0.560. The van der Waals surface area contributed by atoms with Gasteiger partial charge in [0.05, 0.1) is 0 Å². The molecule has 0 spiro atoms. The standard InChI is InChI=1S/C6H3F2.Al.ClH.2H/c7-5-3-1-2-4-6(5)8;;;;/h1-3H;;1H;;. The van der Waals surface area contributed by atoms with E-state index >= 15 is 0 Å².